The molecule has 0 aliphatic carbocycles. The number of hydrogen-bond acceptors (Lipinski definition) is 4. The summed E-state index contributed by atoms with van der Waals surface area (Å²) in [6.45, 7) is 2.74. The molecule has 0 aromatic heterocycles. The number of rotatable bonds is 8. The van der Waals surface area contributed by atoms with Crippen molar-refractivity contribution in [3.05, 3.63) is 54.1 Å². The fraction of sp³-hybridized carbons (Fsp3) is 0.300. The average Bonchev–Trinajstić information content (AvgIpc) is 2.65. The van der Waals surface area contributed by atoms with E-state index in [1.54, 1.807) is 38.4 Å². The van der Waals surface area contributed by atoms with Gasteiger partial charge in [-0.05, 0) is 42.8 Å². The van der Waals surface area contributed by atoms with E-state index in [9.17, 15) is 9.59 Å². The Labute approximate surface area is 154 Å². The van der Waals surface area contributed by atoms with E-state index in [2.05, 4.69) is 10.6 Å². The van der Waals surface area contributed by atoms with Crippen LogP contribution in [0.2, 0.25) is 0 Å². The minimum absolute atomic E-state index is 0.0574. The zero-order valence-electron chi connectivity index (χ0n) is 15.4. The van der Waals surface area contributed by atoms with E-state index in [1.165, 1.54) is 4.90 Å². The summed E-state index contributed by atoms with van der Waals surface area (Å²) < 4.78 is 5.63. The second kappa shape index (κ2) is 9.46. The minimum atomic E-state index is -0.175. The summed E-state index contributed by atoms with van der Waals surface area (Å²) in [5.41, 5.74) is 2.03. The van der Waals surface area contributed by atoms with Gasteiger partial charge in [0.2, 0.25) is 5.91 Å². The van der Waals surface area contributed by atoms with E-state index in [4.69, 9.17) is 4.74 Å². The zero-order valence-corrected chi connectivity index (χ0v) is 15.4. The van der Waals surface area contributed by atoms with Gasteiger partial charge in [-0.3, -0.25) is 9.59 Å². The van der Waals surface area contributed by atoms with Crippen LogP contribution in [0.5, 0.6) is 5.75 Å². The van der Waals surface area contributed by atoms with E-state index >= 15 is 0 Å². The van der Waals surface area contributed by atoms with Gasteiger partial charge in [-0.2, -0.15) is 0 Å². The summed E-state index contributed by atoms with van der Waals surface area (Å²) in [7, 11) is 3.42. The lowest BCUT2D eigenvalue weighted by molar-refractivity contribution is -0.114. The highest BCUT2D eigenvalue weighted by molar-refractivity contribution is 5.96. The Morgan fingerprint density at radius 2 is 1.73 bits per heavy atom. The topological polar surface area (TPSA) is 70.7 Å². The van der Waals surface area contributed by atoms with Crippen LogP contribution in [0, 0.1) is 0 Å². The smallest absolute Gasteiger partial charge is 0.253 e. The molecule has 0 saturated heterocycles. The van der Waals surface area contributed by atoms with Crippen molar-refractivity contribution in [1.82, 2.24) is 4.90 Å². The van der Waals surface area contributed by atoms with Crippen molar-refractivity contribution < 1.29 is 14.3 Å². The summed E-state index contributed by atoms with van der Waals surface area (Å²) in [5.74, 6) is 0.429. The van der Waals surface area contributed by atoms with Crippen molar-refractivity contribution in [3.8, 4) is 5.75 Å². The van der Waals surface area contributed by atoms with Gasteiger partial charge in [-0.1, -0.05) is 19.1 Å². The second-order valence-corrected chi connectivity index (χ2v) is 6.02. The molecule has 138 valence electrons. The highest BCUT2D eigenvalue weighted by atomic mass is 16.5. The molecule has 26 heavy (non-hydrogen) atoms. The maximum absolute atomic E-state index is 12.2. The van der Waals surface area contributed by atoms with Crippen molar-refractivity contribution in [2.75, 3.05) is 37.9 Å². The molecule has 0 unspecified atom stereocenters. The Balaban J connectivity index is 1.90. The van der Waals surface area contributed by atoms with E-state index in [1.807, 2.05) is 31.2 Å². The first kappa shape index (κ1) is 19.3. The molecular weight excluding hydrogens is 330 g/mol. The van der Waals surface area contributed by atoms with Gasteiger partial charge in [0.1, 0.15) is 5.75 Å². The number of para-hydroxylation sites is 2. The van der Waals surface area contributed by atoms with Gasteiger partial charge in [0.05, 0.1) is 18.8 Å². The Hall–Kier alpha value is -3.02. The van der Waals surface area contributed by atoms with Crippen molar-refractivity contribution in [1.29, 1.82) is 0 Å². The lowest BCUT2D eigenvalue weighted by Gasteiger charge is -2.13. The third kappa shape index (κ3) is 5.51. The largest absolute Gasteiger partial charge is 0.491 e. The second-order valence-electron chi connectivity index (χ2n) is 6.02. The molecule has 6 nitrogen and oxygen atoms in total. The third-order valence-electron chi connectivity index (χ3n) is 3.61. The van der Waals surface area contributed by atoms with Crippen LogP contribution in [0.1, 0.15) is 23.7 Å². The Morgan fingerprint density at radius 1 is 1.04 bits per heavy atom. The molecule has 2 aromatic carbocycles. The molecule has 2 amide bonds. The van der Waals surface area contributed by atoms with Crippen LogP contribution >= 0.6 is 0 Å². The van der Waals surface area contributed by atoms with Crippen LogP contribution in [0.3, 0.4) is 0 Å². The Kier molecular flexibility index (Phi) is 7.02. The maximum Gasteiger partial charge on any atom is 0.253 e. The van der Waals surface area contributed by atoms with Gasteiger partial charge in [-0.15, -0.1) is 0 Å². The van der Waals surface area contributed by atoms with E-state index < -0.39 is 0 Å². The third-order valence-corrected chi connectivity index (χ3v) is 3.61. The molecule has 2 N–H and O–H groups in total. The van der Waals surface area contributed by atoms with Crippen LogP contribution in [0.4, 0.5) is 11.4 Å². The summed E-state index contributed by atoms with van der Waals surface area (Å²) in [6.07, 6.45) is 0.899. The Morgan fingerprint density at radius 3 is 2.38 bits per heavy atom. The van der Waals surface area contributed by atoms with Gasteiger partial charge in [0, 0.05) is 25.3 Å². The van der Waals surface area contributed by atoms with Crippen molar-refractivity contribution >= 4 is 23.2 Å². The number of anilines is 2. The van der Waals surface area contributed by atoms with Crippen molar-refractivity contribution in [2.24, 2.45) is 0 Å². The van der Waals surface area contributed by atoms with E-state index in [0.29, 0.717) is 23.6 Å². The summed E-state index contributed by atoms with van der Waals surface area (Å²) >= 11 is 0. The van der Waals surface area contributed by atoms with Gasteiger partial charge in [-0.25, -0.2) is 0 Å². The van der Waals surface area contributed by atoms with Crippen molar-refractivity contribution in [3.63, 3.8) is 0 Å². The molecule has 2 aromatic rings. The molecule has 0 spiro atoms. The van der Waals surface area contributed by atoms with Gasteiger partial charge >= 0.3 is 0 Å². The number of hydrogen-bond donors (Lipinski definition) is 2. The Bertz CT molecular complexity index is 742. The molecule has 0 radical (unpaired) electrons. The van der Waals surface area contributed by atoms with Crippen LogP contribution in [-0.2, 0) is 4.79 Å². The number of nitrogens with one attached hydrogen (secondary N) is 2. The maximum atomic E-state index is 12.2. The predicted molar refractivity (Wildman–Crippen MR) is 104 cm³/mol. The predicted octanol–water partition coefficient (Wildman–Crippen LogP) is 3.23. The molecule has 0 fully saturated rings. The summed E-state index contributed by atoms with van der Waals surface area (Å²) in [5, 5.41) is 5.89. The molecule has 6 heteroatoms. The lowest BCUT2D eigenvalue weighted by Crippen LogP contribution is -2.23. The average molecular weight is 355 g/mol. The standard InChI is InChI=1S/C20H25N3O3/c1-4-13-26-18-8-6-5-7-17(18)22-19(24)14-21-16-11-9-15(10-12-16)20(25)23(2)3/h5-12,21H,4,13-14H2,1-3H3,(H,22,24). The normalized spacial score (nSPS) is 10.1. The number of ether oxygens (including phenoxy) is 1. The first-order valence-corrected chi connectivity index (χ1v) is 8.58. The van der Waals surface area contributed by atoms with Crippen LogP contribution < -0.4 is 15.4 Å². The number of amides is 2. The van der Waals surface area contributed by atoms with E-state index in [-0.39, 0.29) is 18.4 Å². The highest BCUT2D eigenvalue weighted by Crippen LogP contribution is 2.23. The molecule has 0 saturated carbocycles. The monoisotopic (exact) mass is 355 g/mol. The lowest BCUT2D eigenvalue weighted by atomic mass is 10.2. The zero-order chi connectivity index (χ0) is 18.9. The molecule has 0 atom stereocenters. The van der Waals surface area contributed by atoms with Crippen LogP contribution in [-0.4, -0.2) is 44.0 Å². The first-order valence-electron chi connectivity index (χ1n) is 8.58. The number of benzene rings is 2. The summed E-state index contributed by atoms with van der Waals surface area (Å²) in [4.78, 5) is 25.6. The number of carbonyl (C=O) groups is 2. The highest BCUT2D eigenvalue weighted by Gasteiger charge is 2.09. The van der Waals surface area contributed by atoms with Gasteiger partial charge in [0.25, 0.3) is 5.91 Å². The molecule has 0 heterocycles. The molecule has 2 rings (SSSR count). The first-order chi connectivity index (χ1) is 12.5. The van der Waals surface area contributed by atoms with Crippen LogP contribution in [0.25, 0.3) is 0 Å². The fourth-order valence-electron chi connectivity index (χ4n) is 2.27. The van der Waals surface area contributed by atoms with Gasteiger partial charge in [0.15, 0.2) is 0 Å². The molecule has 0 aliphatic heterocycles. The SMILES string of the molecule is CCCOc1ccccc1NC(=O)CNc1ccc(C(=O)N(C)C)cc1. The number of carbonyl (C=O) groups excluding carboxylic acids is 2. The van der Waals surface area contributed by atoms with Crippen molar-refractivity contribution in [2.45, 2.75) is 13.3 Å². The quantitative estimate of drug-likeness (QED) is 0.763. The molecular formula is C20H25N3O3. The minimum Gasteiger partial charge on any atom is -0.491 e. The summed E-state index contributed by atoms with van der Waals surface area (Å²) in [6, 6.07) is 14.4. The fourth-order valence-corrected chi connectivity index (χ4v) is 2.27. The van der Waals surface area contributed by atoms with Crippen LogP contribution in [0.15, 0.2) is 48.5 Å². The molecule has 0 bridgehead atoms. The number of nitrogens with zero attached hydrogens (tertiary/aromatic N) is 1. The van der Waals surface area contributed by atoms with Gasteiger partial charge < -0.3 is 20.3 Å². The molecule has 0 aliphatic rings. The van der Waals surface area contributed by atoms with E-state index in [0.717, 1.165) is 12.1 Å².